The molecule has 3 amide bonds. The summed E-state index contributed by atoms with van der Waals surface area (Å²) in [6, 6.07) is 12.8. The van der Waals surface area contributed by atoms with Crippen LogP contribution in [0.5, 0.6) is 5.75 Å². The fourth-order valence-corrected chi connectivity index (χ4v) is 3.93. The number of benzene rings is 2. The number of β-lactam (4-membered cyclic amide) rings is 1. The summed E-state index contributed by atoms with van der Waals surface area (Å²) in [5, 5.41) is 0. The van der Waals surface area contributed by atoms with E-state index in [1.807, 2.05) is 38.1 Å². The fourth-order valence-electron chi connectivity index (χ4n) is 3.93. The Labute approximate surface area is 157 Å². The molecule has 4 rings (SSSR count). The van der Waals surface area contributed by atoms with Gasteiger partial charge in [-0.15, -0.1) is 0 Å². The van der Waals surface area contributed by atoms with Crippen molar-refractivity contribution in [2.45, 2.75) is 32.0 Å². The van der Waals surface area contributed by atoms with E-state index in [0.717, 1.165) is 10.5 Å². The van der Waals surface area contributed by atoms with E-state index in [2.05, 4.69) is 0 Å². The molecule has 0 bridgehead atoms. The molecule has 0 aliphatic carbocycles. The van der Waals surface area contributed by atoms with Gasteiger partial charge in [0.05, 0.1) is 24.3 Å². The predicted molar refractivity (Wildman–Crippen MR) is 98.4 cm³/mol. The molecule has 27 heavy (non-hydrogen) atoms. The first-order chi connectivity index (χ1) is 13.0. The second kappa shape index (κ2) is 6.23. The van der Waals surface area contributed by atoms with Crippen molar-refractivity contribution < 1.29 is 19.1 Å². The number of amides is 3. The number of fused-ring (bicyclic) bond motifs is 1. The summed E-state index contributed by atoms with van der Waals surface area (Å²) in [7, 11) is 1.59. The largest absolute Gasteiger partial charge is 0.497 e. The van der Waals surface area contributed by atoms with Crippen molar-refractivity contribution in [1.82, 2.24) is 9.80 Å². The van der Waals surface area contributed by atoms with Gasteiger partial charge in [-0.3, -0.25) is 19.3 Å². The molecule has 2 aliphatic heterocycles. The smallest absolute Gasteiger partial charge is 0.262 e. The third-order valence-corrected chi connectivity index (χ3v) is 5.22. The lowest BCUT2D eigenvalue weighted by Crippen LogP contribution is -2.68. The molecule has 2 aromatic rings. The van der Waals surface area contributed by atoms with E-state index < -0.39 is 17.9 Å². The van der Waals surface area contributed by atoms with E-state index in [1.165, 1.54) is 0 Å². The lowest BCUT2D eigenvalue weighted by atomic mass is 9.85. The highest BCUT2D eigenvalue weighted by Crippen LogP contribution is 2.42. The number of ether oxygens (including phenoxy) is 1. The maximum atomic E-state index is 12.9. The van der Waals surface area contributed by atoms with Crippen LogP contribution in [0.25, 0.3) is 0 Å². The highest BCUT2D eigenvalue weighted by molar-refractivity contribution is 6.23. The molecule has 0 aromatic heterocycles. The Hall–Kier alpha value is -3.15. The SMILES string of the molecule is COc1ccc([C@@H]2[C@@H](N3C(=O)c4ccccc4C3=O)C(=O)N2C(C)C)cc1. The van der Waals surface area contributed by atoms with Gasteiger partial charge in [-0.1, -0.05) is 24.3 Å². The highest BCUT2D eigenvalue weighted by Gasteiger charge is 2.57. The van der Waals surface area contributed by atoms with Crippen molar-refractivity contribution in [3.8, 4) is 5.75 Å². The Morgan fingerprint density at radius 2 is 1.41 bits per heavy atom. The van der Waals surface area contributed by atoms with Crippen LogP contribution in [0.15, 0.2) is 48.5 Å². The van der Waals surface area contributed by atoms with Gasteiger partial charge in [-0.2, -0.15) is 0 Å². The van der Waals surface area contributed by atoms with E-state index in [9.17, 15) is 14.4 Å². The van der Waals surface area contributed by atoms with Gasteiger partial charge in [0, 0.05) is 6.04 Å². The number of methoxy groups -OCH3 is 1. The topological polar surface area (TPSA) is 66.9 Å². The minimum absolute atomic E-state index is 0.0453. The van der Waals surface area contributed by atoms with Crippen molar-refractivity contribution in [3.05, 3.63) is 65.2 Å². The number of carbonyl (C=O) groups excluding carboxylic acids is 3. The Balaban J connectivity index is 1.74. The van der Waals surface area contributed by atoms with Crippen LogP contribution in [0.2, 0.25) is 0 Å². The average Bonchev–Trinajstić information content (AvgIpc) is 2.91. The summed E-state index contributed by atoms with van der Waals surface area (Å²) in [4.78, 5) is 41.4. The quantitative estimate of drug-likeness (QED) is 0.618. The molecule has 2 aromatic carbocycles. The van der Waals surface area contributed by atoms with Gasteiger partial charge in [-0.05, 0) is 43.7 Å². The summed E-state index contributed by atoms with van der Waals surface area (Å²) < 4.78 is 5.20. The summed E-state index contributed by atoms with van der Waals surface area (Å²) in [5.41, 5.74) is 1.57. The van der Waals surface area contributed by atoms with Crippen LogP contribution in [0.1, 0.15) is 46.2 Å². The molecular weight excluding hydrogens is 344 g/mol. The van der Waals surface area contributed by atoms with E-state index in [-0.39, 0.29) is 18.0 Å². The second-order valence-corrected chi connectivity index (χ2v) is 7.03. The molecule has 1 fully saturated rings. The molecule has 6 nitrogen and oxygen atoms in total. The fraction of sp³-hybridized carbons (Fsp3) is 0.286. The van der Waals surface area contributed by atoms with Crippen LogP contribution in [-0.4, -0.2) is 46.7 Å². The molecule has 0 saturated carbocycles. The van der Waals surface area contributed by atoms with Crippen molar-refractivity contribution in [1.29, 1.82) is 0 Å². The molecule has 2 atom stereocenters. The number of likely N-dealkylation sites (tertiary alicyclic amines) is 1. The van der Waals surface area contributed by atoms with Crippen LogP contribution in [0.3, 0.4) is 0 Å². The number of imide groups is 1. The van der Waals surface area contributed by atoms with E-state index in [4.69, 9.17) is 4.74 Å². The molecule has 0 N–H and O–H groups in total. The predicted octanol–water partition coefficient (Wildman–Crippen LogP) is 2.65. The maximum Gasteiger partial charge on any atom is 0.262 e. The number of nitrogens with zero attached hydrogens (tertiary/aromatic N) is 2. The average molecular weight is 364 g/mol. The van der Waals surface area contributed by atoms with Crippen LogP contribution < -0.4 is 4.74 Å². The van der Waals surface area contributed by atoms with Crippen molar-refractivity contribution in [2.24, 2.45) is 0 Å². The normalized spacial score (nSPS) is 21.6. The molecule has 138 valence electrons. The molecule has 1 saturated heterocycles. The monoisotopic (exact) mass is 364 g/mol. The second-order valence-electron chi connectivity index (χ2n) is 7.03. The summed E-state index contributed by atoms with van der Waals surface area (Å²) in [6.45, 7) is 3.85. The number of hydrogen-bond acceptors (Lipinski definition) is 4. The van der Waals surface area contributed by atoms with E-state index >= 15 is 0 Å². The first-order valence-corrected chi connectivity index (χ1v) is 8.88. The van der Waals surface area contributed by atoms with Gasteiger partial charge in [0.25, 0.3) is 11.8 Å². The molecule has 0 unspecified atom stereocenters. The summed E-state index contributed by atoms with van der Waals surface area (Å²) in [5.74, 6) is -0.315. The van der Waals surface area contributed by atoms with Crippen LogP contribution in [-0.2, 0) is 4.79 Å². The van der Waals surface area contributed by atoms with Gasteiger partial charge in [0.1, 0.15) is 11.8 Å². The lowest BCUT2D eigenvalue weighted by Gasteiger charge is -2.52. The van der Waals surface area contributed by atoms with Crippen LogP contribution in [0, 0.1) is 0 Å². The molecular formula is C21H20N2O4. The third-order valence-electron chi connectivity index (χ3n) is 5.22. The van der Waals surface area contributed by atoms with Gasteiger partial charge in [0.15, 0.2) is 0 Å². The zero-order valence-corrected chi connectivity index (χ0v) is 15.4. The van der Waals surface area contributed by atoms with Gasteiger partial charge >= 0.3 is 0 Å². The van der Waals surface area contributed by atoms with Gasteiger partial charge in [0.2, 0.25) is 5.91 Å². The number of hydrogen-bond donors (Lipinski definition) is 0. The third kappa shape index (κ3) is 2.44. The highest BCUT2D eigenvalue weighted by atomic mass is 16.5. The minimum atomic E-state index is -0.826. The zero-order chi connectivity index (χ0) is 19.3. The molecule has 2 heterocycles. The molecule has 0 radical (unpaired) electrons. The maximum absolute atomic E-state index is 12.9. The molecule has 2 aliphatic rings. The van der Waals surface area contributed by atoms with Crippen LogP contribution in [0.4, 0.5) is 0 Å². The Morgan fingerprint density at radius 3 is 1.89 bits per heavy atom. The first kappa shape index (κ1) is 17.3. The first-order valence-electron chi connectivity index (χ1n) is 8.88. The minimum Gasteiger partial charge on any atom is -0.497 e. The van der Waals surface area contributed by atoms with E-state index in [0.29, 0.717) is 16.9 Å². The zero-order valence-electron chi connectivity index (χ0n) is 15.4. The Bertz CT molecular complexity index is 900. The Morgan fingerprint density at radius 1 is 0.852 bits per heavy atom. The van der Waals surface area contributed by atoms with Crippen LogP contribution >= 0.6 is 0 Å². The number of rotatable bonds is 4. The summed E-state index contributed by atoms with van der Waals surface area (Å²) >= 11 is 0. The van der Waals surface area contributed by atoms with Crippen molar-refractivity contribution in [2.75, 3.05) is 7.11 Å². The van der Waals surface area contributed by atoms with Crippen molar-refractivity contribution in [3.63, 3.8) is 0 Å². The molecule has 6 heteroatoms. The number of carbonyl (C=O) groups is 3. The van der Waals surface area contributed by atoms with Gasteiger partial charge in [-0.25, -0.2) is 0 Å². The lowest BCUT2D eigenvalue weighted by molar-refractivity contribution is -0.159. The molecule has 0 spiro atoms. The Kier molecular flexibility index (Phi) is 3.98. The van der Waals surface area contributed by atoms with Crippen molar-refractivity contribution >= 4 is 17.7 Å². The summed E-state index contributed by atoms with van der Waals surface area (Å²) in [6.07, 6.45) is 0. The standard InChI is InChI=1S/C21H20N2O4/c1-12(2)22-17(13-8-10-14(27-3)11-9-13)18(21(22)26)23-19(24)15-6-4-5-7-16(15)20(23)25/h4-12,17-18H,1-3H3/t17-,18-/m1/s1. The van der Waals surface area contributed by atoms with Gasteiger partial charge < -0.3 is 9.64 Å². The van der Waals surface area contributed by atoms with E-state index in [1.54, 1.807) is 36.3 Å².